The van der Waals surface area contributed by atoms with Gasteiger partial charge in [-0.3, -0.25) is 9.48 Å². The van der Waals surface area contributed by atoms with Gasteiger partial charge in [-0.2, -0.15) is 9.40 Å². The lowest BCUT2D eigenvalue weighted by Crippen LogP contribution is -2.50. The zero-order chi connectivity index (χ0) is 16.5. The lowest BCUT2D eigenvalue weighted by molar-refractivity contribution is -0.140. The van der Waals surface area contributed by atoms with Crippen LogP contribution in [-0.4, -0.2) is 76.8 Å². The predicted octanol–water partition coefficient (Wildman–Crippen LogP) is -0.754. The molecule has 1 fully saturated rings. The fraction of sp³-hybridized carbons (Fsp3) is 0.583. The van der Waals surface area contributed by atoms with E-state index in [4.69, 9.17) is 5.11 Å². The van der Waals surface area contributed by atoms with Crippen LogP contribution in [0.25, 0.3) is 0 Å². The van der Waals surface area contributed by atoms with Crippen LogP contribution in [-0.2, 0) is 14.8 Å². The molecule has 0 spiro atoms. The first-order valence-corrected chi connectivity index (χ1v) is 8.56. The second-order valence-electron chi connectivity index (χ2n) is 5.18. The lowest BCUT2D eigenvalue weighted by atomic mass is 10.2. The van der Waals surface area contributed by atoms with Gasteiger partial charge in [0, 0.05) is 32.4 Å². The van der Waals surface area contributed by atoms with E-state index in [1.807, 2.05) is 0 Å². The maximum atomic E-state index is 12.3. The van der Waals surface area contributed by atoms with Crippen molar-refractivity contribution in [3.05, 3.63) is 18.0 Å². The van der Waals surface area contributed by atoms with Gasteiger partial charge in [0.15, 0.2) is 0 Å². The number of aromatic nitrogens is 2. The molecule has 1 aromatic rings. The third kappa shape index (κ3) is 3.45. The smallest absolute Gasteiger partial charge is 0.328 e. The zero-order valence-corrected chi connectivity index (χ0v) is 13.2. The molecule has 2 rings (SSSR count). The Morgan fingerprint density at radius 1 is 1.27 bits per heavy atom. The predicted molar refractivity (Wildman–Crippen MR) is 76.9 cm³/mol. The highest BCUT2D eigenvalue weighted by Gasteiger charge is 2.27. The standard InChI is InChI=1S/C12H18N4O5S/c1-9(12(18)19)16-8-10(7-13-16)11(17)14-3-5-15(6-4-14)22(2,20)21/h7-9H,3-6H2,1-2H3,(H,18,19). The van der Waals surface area contributed by atoms with Crippen LogP contribution in [0, 0.1) is 0 Å². The number of nitrogens with zero attached hydrogens (tertiary/aromatic N) is 4. The minimum absolute atomic E-state index is 0.254. The maximum Gasteiger partial charge on any atom is 0.328 e. The van der Waals surface area contributed by atoms with Crippen molar-refractivity contribution in [3.63, 3.8) is 0 Å². The summed E-state index contributed by atoms with van der Waals surface area (Å²) in [6.07, 6.45) is 3.86. The Morgan fingerprint density at radius 3 is 2.36 bits per heavy atom. The number of carboxylic acids is 1. The lowest BCUT2D eigenvalue weighted by Gasteiger charge is -2.33. The van der Waals surface area contributed by atoms with Gasteiger partial charge in [-0.25, -0.2) is 13.2 Å². The average molecular weight is 330 g/mol. The summed E-state index contributed by atoms with van der Waals surface area (Å²) < 4.78 is 25.4. The molecule has 9 nitrogen and oxygen atoms in total. The summed E-state index contributed by atoms with van der Waals surface area (Å²) in [6, 6.07) is -0.858. The van der Waals surface area contributed by atoms with Crippen LogP contribution in [0.1, 0.15) is 23.3 Å². The second kappa shape index (κ2) is 6.05. The molecule has 10 heteroatoms. The van der Waals surface area contributed by atoms with Crippen molar-refractivity contribution in [3.8, 4) is 0 Å². The Hall–Kier alpha value is -1.94. The van der Waals surface area contributed by atoms with Crippen molar-refractivity contribution in [2.45, 2.75) is 13.0 Å². The molecule has 1 unspecified atom stereocenters. The van der Waals surface area contributed by atoms with E-state index in [1.165, 1.54) is 33.2 Å². The number of sulfonamides is 1. The van der Waals surface area contributed by atoms with Gasteiger partial charge in [-0.15, -0.1) is 0 Å². The van der Waals surface area contributed by atoms with E-state index in [1.54, 1.807) is 0 Å². The summed E-state index contributed by atoms with van der Waals surface area (Å²) in [4.78, 5) is 24.7. The van der Waals surface area contributed by atoms with E-state index >= 15 is 0 Å². The molecule has 1 aromatic heterocycles. The Labute approximate surface area is 128 Å². The van der Waals surface area contributed by atoms with Crippen LogP contribution in [0.3, 0.4) is 0 Å². The molecule has 0 aliphatic carbocycles. The van der Waals surface area contributed by atoms with Crippen LogP contribution in [0.2, 0.25) is 0 Å². The summed E-state index contributed by atoms with van der Waals surface area (Å²) in [6.45, 7) is 2.57. The first-order valence-electron chi connectivity index (χ1n) is 6.71. The maximum absolute atomic E-state index is 12.3. The number of piperazine rings is 1. The SMILES string of the molecule is CC(C(=O)O)n1cc(C(=O)N2CCN(S(C)(=O)=O)CC2)cn1. The van der Waals surface area contributed by atoms with Crippen molar-refractivity contribution in [2.24, 2.45) is 0 Å². The largest absolute Gasteiger partial charge is 0.480 e. The van der Waals surface area contributed by atoms with Crippen molar-refractivity contribution in [2.75, 3.05) is 32.4 Å². The van der Waals surface area contributed by atoms with Gasteiger partial charge < -0.3 is 10.0 Å². The third-order valence-corrected chi connectivity index (χ3v) is 4.90. The molecule has 122 valence electrons. The number of hydrogen-bond acceptors (Lipinski definition) is 5. The van der Waals surface area contributed by atoms with Crippen molar-refractivity contribution >= 4 is 21.9 Å². The summed E-state index contributed by atoms with van der Waals surface area (Å²) in [7, 11) is -3.24. The summed E-state index contributed by atoms with van der Waals surface area (Å²) >= 11 is 0. The molecular formula is C12H18N4O5S. The topological polar surface area (TPSA) is 113 Å². The number of amides is 1. The third-order valence-electron chi connectivity index (χ3n) is 3.60. The Balaban J connectivity index is 2.03. The molecular weight excluding hydrogens is 312 g/mol. The molecule has 1 N–H and O–H groups in total. The highest BCUT2D eigenvalue weighted by Crippen LogP contribution is 2.12. The molecule has 1 saturated heterocycles. The van der Waals surface area contributed by atoms with Crippen molar-refractivity contribution in [1.82, 2.24) is 19.0 Å². The number of carbonyl (C=O) groups excluding carboxylic acids is 1. The molecule has 1 aliphatic rings. The molecule has 0 bridgehead atoms. The van der Waals surface area contributed by atoms with Gasteiger partial charge in [0.05, 0.1) is 18.0 Å². The van der Waals surface area contributed by atoms with Gasteiger partial charge in [0.2, 0.25) is 10.0 Å². The van der Waals surface area contributed by atoms with Gasteiger partial charge >= 0.3 is 5.97 Å². The number of rotatable bonds is 4. The number of hydrogen-bond donors (Lipinski definition) is 1. The van der Waals surface area contributed by atoms with Crippen LogP contribution in [0.15, 0.2) is 12.4 Å². The van der Waals surface area contributed by atoms with Gasteiger partial charge in [-0.1, -0.05) is 0 Å². The minimum atomic E-state index is -3.24. The molecule has 2 heterocycles. The summed E-state index contributed by atoms with van der Waals surface area (Å²) in [5, 5.41) is 12.8. The van der Waals surface area contributed by atoms with Crippen LogP contribution >= 0.6 is 0 Å². The highest BCUT2D eigenvalue weighted by molar-refractivity contribution is 7.88. The van der Waals surface area contributed by atoms with Crippen LogP contribution in [0.5, 0.6) is 0 Å². The van der Waals surface area contributed by atoms with Crippen LogP contribution < -0.4 is 0 Å². The molecule has 0 saturated carbocycles. The normalized spacial score (nSPS) is 18.2. The first kappa shape index (κ1) is 16.4. The molecule has 1 amide bonds. The summed E-state index contributed by atoms with van der Waals surface area (Å²) in [5.74, 6) is -1.32. The Morgan fingerprint density at radius 2 is 1.86 bits per heavy atom. The summed E-state index contributed by atoms with van der Waals surface area (Å²) in [5.41, 5.74) is 0.293. The monoisotopic (exact) mass is 330 g/mol. The van der Waals surface area contributed by atoms with Gasteiger partial charge in [-0.05, 0) is 6.92 Å². The number of carboxylic acid groups (broad SMARTS) is 1. The van der Waals surface area contributed by atoms with Gasteiger partial charge in [0.1, 0.15) is 6.04 Å². The van der Waals surface area contributed by atoms with E-state index in [-0.39, 0.29) is 19.0 Å². The van der Waals surface area contributed by atoms with E-state index in [0.717, 1.165) is 6.26 Å². The molecule has 0 radical (unpaired) electrons. The molecule has 0 aromatic carbocycles. The second-order valence-corrected chi connectivity index (χ2v) is 7.16. The van der Waals surface area contributed by atoms with E-state index in [9.17, 15) is 18.0 Å². The average Bonchev–Trinajstić information content (AvgIpc) is 2.94. The van der Waals surface area contributed by atoms with E-state index in [2.05, 4.69) is 5.10 Å². The number of aliphatic carboxylic acids is 1. The molecule has 1 aliphatic heterocycles. The minimum Gasteiger partial charge on any atom is -0.480 e. The van der Waals surface area contributed by atoms with E-state index in [0.29, 0.717) is 18.7 Å². The highest BCUT2D eigenvalue weighted by atomic mass is 32.2. The van der Waals surface area contributed by atoms with E-state index < -0.39 is 22.0 Å². The van der Waals surface area contributed by atoms with Crippen molar-refractivity contribution in [1.29, 1.82) is 0 Å². The Bertz CT molecular complexity index is 675. The fourth-order valence-electron chi connectivity index (χ4n) is 2.18. The quantitative estimate of drug-likeness (QED) is 0.777. The van der Waals surface area contributed by atoms with Crippen molar-refractivity contribution < 1.29 is 23.1 Å². The fourth-order valence-corrected chi connectivity index (χ4v) is 3.01. The Kier molecular flexibility index (Phi) is 4.52. The molecule has 22 heavy (non-hydrogen) atoms. The van der Waals surface area contributed by atoms with Gasteiger partial charge in [0.25, 0.3) is 5.91 Å². The first-order chi connectivity index (χ1) is 10.2. The van der Waals surface area contributed by atoms with Crippen LogP contribution in [0.4, 0.5) is 0 Å². The number of carbonyl (C=O) groups is 2. The zero-order valence-electron chi connectivity index (χ0n) is 12.3. The molecule has 1 atom stereocenters.